The van der Waals surface area contributed by atoms with Crippen LogP contribution in [0.3, 0.4) is 0 Å². The first kappa shape index (κ1) is 22.2. The van der Waals surface area contributed by atoms with E-state index in [4.69, 9.17) is 4.74 Å². The quantitative estimate of drug-likeness (QED) is 0.452. The summed E-state index contributed by atoms with van der Waals surface area (Å²) in [6.45, 7) is 19.0. The van der Waals surface area contributed by atoms with Gasteiger partial charge < -0.3 is 15.4 Å². The van der Waals surface area contributed by atoms with Crippen LogP contribution in [0.2, 0.25) is 0 Å². The molecule has 0 saturated carbocycles. The minimum Gasteiger partial charge on any atom is -0.378 e. The molecule has 1 unspecified atom stereocenters. The first-order valence-electron chi connectivity index (χ1n) is 9.15. The Bertz CT molecular complexity index is 308. The second-order valence-corrected chi connectivity index (χ2v) is 6.88. The number of nitrogens with zero attached hydrogens (tertiary/aromatic N) is 2. The fraction of sp³-hybridized carbons (Fsp3) is 0.944. The minimum absolute atomic E-state index is 0.308. The van der Waals surface area contributed by atoms with Gasteiger partial charge in [-0.25, -0.2) is 0 Å². The maximum absolute atomic E-state index is 5.78. The van der Waals surface area contributed by atoms with Crippen LogP contribution in [0.25, 0.3) is 0 Å². The van der Waals surface area contributed by atoms with Gasteiger partial charge in [0.25, 0.3) is 0 Å². The maximum Gasteiger partial charge on any atom is 0.191 e. The van der Waals surface area contributed by atoms with Crippen molar-refractivity contribution in [1.82, 2.24) is 15.5 Å². The second kappa shape index (κ2) is 12.6. The lowest BCUT2D eigenvalue weighted by Crippen LogP contribution is -2.45. The minimum atomic E-state index is 0.308. The summed E-state index contributed by atoms with van der Waals surface area (Å²) in [6, 6.07) is 1.12. The standard InChI is InChI=1S/C18H40N4O/c1-9-23-17(14(2)3)10-11-20-18(19-8)21-12-13-22(15(4)5)16(6)7/h14-17H,9-13H2,1-8H3,(H2,19,20,21). The summed E-state index contributed by atoms with van der Waals surface area (Å²) in [6.07, 6.45) is 1.30. The van der Waals surface area contributed by atoms with Crippen LogP contribution in [-0.4, -0.2) is 62.3 Å². The molecule has 0 aromatic heterocycles. The van der Waals surface area contributed by atoms with Crippen molar-refractivity contribution in [3.63, 3.8) is 0 Å². The van der Waals surface area contributed by atoms with Gasteiger partial charge in [0.15, 0.2) is 5.96 Å². The maximum atomic E-state index is 5.78. The van der Waals surface area contributed by atoms with Crippen molar-refractivity contribution in [2.45, 2.75) is 73.1 Å². The zero-order valence-corrected chi connectivity index (χ0v) is 16.6. The van der Waals surface area contributed by atoms with Crippen LogP contribution in [0.5, 0.6) is 0 Å². The Morgan fingerprint density at radius 2 is 1.57 bits per heavy atom. The molecule has 0 amide bonds. The number of ether oxygens (including phenoxy) is 1. The fourth-order valence-corrected chi connectivity index (χ4v) is 2.79. The summed E-state index contributed by atoms with van der Waals surface area (Å²) in [4.78, 5) is 6.77. The molecule has 1 atom stereocenters. The molecule has 0 aromatic carbocycles. The normalized spacial score (nSPS) is 14.2. The van der Waals surface area contributed by atoms with Gasteiger partial charge in [-0.2, -0.15) is 0 Å². The smallest absolute Gasteiger partial charge is 0.191 e. The van der Waals surface area contributed by atoms with E-state index in [0.717, 1.165) is 38.6 Å². The van der Waals surface area contributed by atoms with E-state index < -0.39 is 0 Å². The van der Waals surface area contributed by atoms with E-state index >= 15 is 0 Å². The van der Waals surface area contributed by atoms with Gasteiger partial charge in [-0.15, -0.1) is 0 Å². The monoisotopic (exact) mass is 328 g/mol. The van der Waals surface area contributed by atoms with E-state index in [9.17, 15) is 0 Å². The third-order valence-corrected chi connectivity index (χ3v) is 4.06. The highest BCUT2D eigenvalue weighted by molar-refractivity contribution is 5.79. The molecule has 5 heteroatoms. The number of nitrogens with one attached hydrogen (secondary N) is 2. The van der Waals surface area contributed by atoms with Gasteiger partial charge >= 0.3 is 0 Å². The topological polar surface area (TPSA) is 48.9 Å². The summed E-state index contributed by atoms with van der Waals surface area (Å²) >= 11 is 0. The Balaban J connectivity index is 4.12. The number of aliphatic imine (C=N–C) groups is 1. The van der Waals surface area contributed by atoms with Crippen LogP contribution in [0, 0.1) is 5.92 Å². The van der Waals surface area contributed by atoms with Crippen molar-refractivity contribution in [2.75, 3.05) is 33.3 Å². The van der Waals surface area contributed by atoms with Crippen molar-refractivity contribution in [2.24, 2.45) is 10.9 Å². The molecule has 0 bridgehead atoms. The fourth-order valence-electron chi connectivity index (χ4n) is 2.79. The van der Waals surface area contributed by atoms with Gasteiger partial charge in [0.05, 0.1) is 6.10 Å². The summed E-state index contributed by atoms with van der Waals surface area (Å²) in [7, 11) is 1.82. The molecular formula is C18H40N4O. The van der Waals surface area contributed by atoms with E-state index in [0.29, 0.717) is 24.1 Å². The predicted octanol–water partition coefficient (Wildman–Crippen LogP) is 2.72. The van der Waals surface area contributed by atoms with Gasteiger partial charge in [0.1, 0.15) is 0 Å². The van der Waals surface area contributed by atoms with Gasteiger partial charge in [0.2, 0.25) is 0 Å². The van der Waals surface area contributed by atoms with Crippen LogP contribution in [0.1, 0.15) is 54.9 Å². The lowest BCUT2D eigenvalue weighted by atomic mass is 10.0. The third kappa shape index (κ3) is 9.82. The Labute approximate surface area is 144 Å². The first-order valence-corrected chi connectivity index (χ1v) is 9.15. The zero-order chi connectivity index (χ0) is 17.8. The van der Waals surface area contributed by atoms with Crippen LogP contribution in [-0.2, 0) is 4.74 Å². The number of guanidine groups is 1. The third-order valence-electron chi connectivity index (χ3n) is 4.06. The van der Waals surface area contributed by atoms with Crippen LogP contribution >= 0.6 is 0 Å². The molecule has 5 nitrogen and oxygen atoms in total. The van der Waals surface area contributed by atoms with E-state index in [1.165, 1.54) is 0 Å². The molecule has 0 aliphatic rings. The van der Waals surface area contributed by atoms with Crippen molar-refractivity contribution in [1.29, 1.82) is 0 Å². The molecule has 0 fully saturated rings. The van der Waals surface area contributed by atoms with E-state index in [2.05, 4.69) is 69.0 Å². The highest BCUT2D eigenvalue weighted by Crippen LogP contribution is 2.09. The van der Waals surface area contributed by atoms with E-state index in [1.807, 2.05) is 7.05 Å². The van der Waals surface area contributed by atoms with Crippen molar-refractivity contribution in [3.05, 3.63) is 0 Å². The molecule has 0 heterocycles. The SMILES string of the molecule is CCOC(CCNC(=NC)NCCN(C(C)C)C(C)C)C(C)C. The van der Waals surface area contributed by atoms with Crippen LogP contribution < -0.4 is 10.6 Å². The Kier molecular flexibility index (Phi) is 12.1. The summed E-state index contributed by atoms with van der Waals surface area (Å²) in [5.74, 6) is 1.41. The molecule has 0 aliphatic heterocycles. The molecule has 0 saturated heterocycles. The number of hydrogen-bond donors (Lipinski definition) is 2. The Morgan fingerprint density at radius 1 is 1.00 bits per heavy atom. The molecule has 0 radical (unpaired) electrons. The van der Waals surface area contributed by atoms with Gasteiger partial charge in [0, 0.05) is 45.4 Å². The van der Waals surface area contributed by atoms with Gasteiger partial charge in [-0.3, -0.25) is 9.89 Å². The predicted molar refractivity (Wildman–Crippen MR) is 101 cm³/mol. The Morgan fingerprint density at radius 3 is 2.00 bits per heavy atom. The molecule has 2 N–H and O–H groups in total. The molecular weight excluding hydrogens is 288 g/mol. The molecule has 0 spiro atoms. The summed E-state index contributed by atoms with van der Waals surface area (Å²) < 4.78 is 5.78. The number of rotatable bonds is 11. The molecule has 0 aliphatic carbocycles. The molecule has 138 valence electrons. The Hall–Kier alpha value is -0.810. The van der Waals surface area contributed by atoms with Gasteiger partial charge in [-0.1, -0.05) is 13.8 Å². The highest BCUT2D eigenvalue weighted by atomic mass is 16.5. The number of hydrogen-bond acceptors (Lipinski definition) is 3. The second-order valence-electron chi connectivity index (χ2n) is 6.88. The summed E-state index contributed by atoms with van der Waals surface area (Å²) in [5, 5.41) is 6.79. The van der Waals surface area contributed by atoms with Crippen LogP contribution in [0.4, 0.5) is 0 Å². The van der Waals surface area contributed by atoms with E-state index in [1.54, 1.807) is 0 Å². The molecule has 0 rings (SSSR count). The van der Waals surface area contributed by atoms with Crippen molar-refractivity contribution >= 4 is 5.96 Å². The first-order chi connectivity index (χ1) is 10.8. The van der Waals surface area contributed by atoms with Crippen molar-refractivity contribution < 1.29 is 4.74 Å². The molecule has 0 aromatic rings. The van der Waals surface area contributed by atoms with E-state index in [-0.39, 0.29) is 0 Å². The van der Waals surface area contributed by atoms with Gasteiger partial charge in [-0.05, 0) is 47.0 Å². The van der Waals surface area contributed by atoms with Crippen molar-refractivity contribution in [3.8, 4) is 0 Å². The largest absolute Gasteiger partial charge is 0.378 e. The lowest BCUT2D eigenvalue weighted by Gasteiger charge is -2.30. The summed E-state index contributed by atoms with van der Waals surface area (Å²) in [5.41, 5.74) is 0. The highest BCUT2D eigenvalue weighted by Gasteiger charge is 2.14. The lowest BCUT2D eigenvalue weighted by molar-refractivity contribution is 0.0258. The van der Waals surface area contributed by atoms with Crippen LogP contribution in [0.15, 0.2) is 4.99 Å². The average molecular weight is 329 g/mol. The zero-order valence-electron chi connectivity index (χ0n) is 16.6. The molecule has 23 heavy (non-hydrogen) atoms. The average Bonchev–Trinajstić information content (AvgIpc) is 2.47.